The zero-order valence-corrected chi connectivity index (χ0v) is 16.2. The number of hydrogen-bond donors (Lipinski definition) is 2. The van der Waals surface area contributed by atoms with Crippen LogP contribution in [0.4, 0.5) is 9.18 Å². The molecule has 2 N–H and O–H groups in total. The molecule has 1 fully saturated rings. The molecule has 0 spiro atoms. The molecular formula is C19H23FN4O3S. The van der Waals surface area contributed by atoms with Crippen molar-refractivity contribution in [3.05, 3.63) is 60.2 Å². The van der Waals surface area contributed by atoms with Gasteiger partial charge in [0.1, 0.15) is 10.7 Å². The quantitative estimate of drug-likeness (QED) is 0.769. The Morgan fingerprint density at radius 2 is 1.86 bits per heavy atom. The molecule has 3 rings (SSSR count). The van der Waals surface area contributed by atoms with Crippen LogP contribution < -0.4 is 10.6 Å². The fraction of sp³-hybridized carbons (Fsp3) is 0.368. The SMILES string of the molecule is O=C(NCc1ccc(F)cc1)NCC1CCN(S(=O)(=O)c2cccnc2)CC1. The Kier molecular flexibility index (Phi) is 6.58. The molecule has 2 heterocycles. The highest BCUT2D eigenvalue weighted by Crippen LogP contribution is 2.22. The van der Waals surface area contributed by atoms with E-state index in [1.165, 1.54) is 28.8 Å². The predicted molar refractivity (Wildman–Crippen MR) is 102 cm³/mol. The lowest BCUT2D eigenvalue weighted by Gasteiger charge is -2.31. The van der Waals surface area contributed by atoms with E-state index in [0.29, 0.717) is 39.0 Å². The fourth-order valence-electron chi connectivity index (χ4n) is 3.09. The number of urea groups is 1. The third-order valence-corrected chi connectivity index (χ3v) is 6.65. The van der Waals surface area contributed by atoms with Gasteiger partial charge in [0.15, 0.2) is 0 Å². The number of nitrogens with zero attached hydrogens (tertiary/aromatic N) is 2. The molecule has 2 amide bonds. The number of hydrogen-bond acceptors (Lipinski definition) is 4. The first kappa shape index (κ1) is 20.2. The first-order valence-corrected chi connectivity index (χ1v) is 10.6. The smallest absolute Gasteiger partial charge is 0.315 e. The van der Waals surface area contributed by atoms with Crippen LogP contribution in [0.15, 0.2) is 53.7 Å². The maximum Gasteiger partial charge on any atom is 0.315 e. The van der Waals surface area contributed by atoms with Gasteiger partial charge < -0.3 is 10.6 Å². The van der Waals surface area contributed by atoms with Gasteiger partial charge in [0, 0.05) is 38.6 Å². The third-order valence-electron chi connectivity index (χ3n) is 4.76. The Morgan fingerprint density at radius 3 is 2.50 bits per heavy atom. The monoisotopic (exact) mass is 406 g/mol. The van der Waals surface area contributed by atoms with Gasteiger partial charge in [-0.3, -0.25) is 4.98 Å². The molecule has 28 heavy (non-hydrogen) atoms. The highest BCUT2D eigenvalue weighted by molar-refractivity contribution is 7.89. The number of carbonyl (C=O) groups excluding carboxylic acids is 1. The van der Waals surface area contributed by atoms with Gasteiger partial charge in [0.2, 0.25) is 10.0 Å². The number of nitrogens with one attached hydrogen (secondary N) is 2. The second kappa shape index (κ2) is 9.11. The molecule has 1 aromatic heterocycles. The first-order chi connectivity index (χ1) is 13.4. The summed E-state index contributed by atoms with van der Waals surface area (Å²) < 4.78 is 39.5. The van der Waals surface area contributed by atoms with Gasteiger partial charge in [-0.15, -0.1) is 0 Å². The van der Waals surface area contributed by atoms with Crippen molar-refractivity contribution in [3.8, 4) is 0 Å². The Morgan fingerprint density at radius 1 is 1.14 bits per heavy atom. The summed E-state index contributed by atoms with van der Waals surface area (Å²) in [5.74, 6) is -0.0954. The number of aromatic nitrogens is 1. The Bertz CT molecular complexity index is 883. The minimum Gasteiger partial charge on any atom is -0.338 e. The Balaban J connectivity index is 1.40. The minimum absolute atomic E-state index is 0.201. The normalized spacial score (nSPS) is 15.9. The molecule has 7 nitrogen and oxygen atoms in total. The zero-order valence-electron chi connectivity index (χ0n) is 15.3. The van der Waals surface area contributed by atoms with Crippen LogP contribution >= 0.6 is 0 Å². The number of piperidine rings is 1. The van der Waals surface area contributed by atoms with Crippen LogP contribution in [0.3, 0.4) is 0 Å². The van der Waals surface area contributed by atoms with Gasteiger partial charge in [0.05, 0.1) is 0 Å². The van der Waals surface area contributed by atoms with E-state index in [2.05, 4.69) is 15.6 Å². The number of benzene rings is 1. The van der Waals surface area contributed by atoms with Crippen molar-refractivity contribution in [2.75, 3.05) is 19.6 Å². The van der Waals surface area contributed by atoms with Crippen molar-refractivity contribution in [1.82, 2.24) is 19.9 Å². The summed E-state index contributed by atoms with van der Waals surface area (Å²) in [4.78, 5) is 16.0. The van der Waals surface area contributed by atoms with Crippen molar-refractivity contribution in [1.29, 1.82) is 0 Å². The van der Waals surface area contributed by atoms with Gasteiger partial charge in [-0.25, -0.2) is 17.6 Å². The molecule has 1 aliphatic heterocycles. The van der Waals surface area contributed by atoms with Crippen LogP contribution in [-0.2, 0) is 16.6 Å². The minimum atomic E-state index is -3.51. The molecule has 2 aromatic rings. The van der Waals surface area contributed by atoms with Crippen LogP contribution in [0.25, 0.3) is 0 Å². The average Bonchev–Trinajstić information content (AvgIpc) is 2.73. The van der Waals surface area contributed by atoms with Crippen LogP contribution in [-0.4, -0.2) is 43.4 Å². The van der Waals surface area contributed by atoms with Crippen molar-refractivity contribution < 1.29 is 17.6 Å². The molecular weight excluding hydrogens is 383 g/mol. The second-order valence-electron chi connectivity index (χ2n) is 6.73. The maximum atomic E-state index is 12.9. The van der Waals surface area contributed by atoms with Crippen molar-refractivity contribution >= 4 is 16.1 Å². The number of carbonyl (C=O) groups is 1. The van der Waals surface area contributed by atoms with Crippen LogP contribution in [0, 0.1) is 11.7 Å². The first-order valence-electron chi connectivity index (χ1n) is 9.11. The molecule has 9 heteroatoms. The summed E-state index contributed by atoms with van der Waals surface area (Å²) in [6.45, 7) is 1.63. The lowest BCUT2D eigenvalue weighted by molar-refractivity contribution is 0.230. The zero-order chi connectivity index (χ0) is 20.0. The van der Waals surface area contributed by atoms with E-state index in [9.17, 15) is 17.6 Å². The van der Waals surface area contributed by atoms with Crippen molar-refractivity contribution in [2.24, 2.45) is 5.92 Å². The van der Waals surface area contributed by atoms with Gasteiger partial charge in [-0.1, -0.05) is 12.1 Å². The standard InChI is InChI=1S/C19H23FN4O3S/c20-17-5-3-15(4-6-17)12-22-19(25)23-13-16-7-10-24(11-8-16)28(26,27)18-2-1-9-21-14-18/h1-6,9,14,16H,7-8,10-13H2,(H2,22,23,25). The summed E-state index contributed by atoms with van der Waals surface area (Å²) in [6, 6.07) is 8.79. The topological polar surface area (TPSA) is 91.4 Å². The van der Waals surface area contributed by atoms with Gasteiger partial charge in [-0.2, -0.15) is 4.31 Å². The van der Waals surface area contributed by atoms with Crippen LogP contribution in [0.1, 0.15) is 18.4 Å². The van der Waals surface area contributed by atoms with Crippen molar-refractivity contribution in [3.63, 3.8) is 0 Å². The van der Waals surface area contributed by atoms with Gasteiger partial charge in [0.25, 0.3) is 0 Å². The summed E-state index contributed by atoms with van der Waals surface area (Å²) >= 11 is 0. The summed E-state index contributed by atoms with van der Waals surface area (Å²) in [7, 11) is -3.51. The summed E-state index contributed by atoms with van der Waals surface area (Å²) in [5, 5.41) is 5.54. The van der Waals surface area contributed by atoms with Crippen molar-refractivity contribution in [2.45, 2.75) is 24.3 Å². The summed E-state index contributed by atoms with van der Waals surface area (Å²) in [6.07, 6.45) is 4.25. The highest BCUT2D eigenvalue weighted by atomic mass is 32.2. The van der Waals surface area contributed by atoms with E-state index in [1.807, 2.05) is 0 Å². The molecule has 0 radical (unpaired) electrons. The number of amides is 2. The number of sulfonamides is 1. The molecule has 0 aliphatic carbocycles. The number of pyridine rings is 1. The van der Waals surface area contributed by atoms with Gasteiger partial charge >= 0.3 is 6.03 Å². The molecule has 1 saturated heterocycles. The Hall–Kier alpha value is -2.52. The van der Waals surface area contributed by atoms with E-state index in [4.69, 9.17) is 0 Å². The van der Waals surface area contributed by atoms with E-state index < -0.39 is 10.0 Å². The average molecular weight is 406 g/mol. The third kappa shape index (κ3) is 5.26. The Labute approximate surface area is 164 Å². The number of halogens is 1. The lowest BCUT2D eigenvalue weighted by atomic mass is 9.98. The lowest BCUT2D eigenvalue weighted by Crippen LogP contribution is -2.43. The molecule has 1 aliphatic rings. The largest absolute Gasteiger partial charge is 0.338 e. The maximum absolute atomic E-state index is 12.9. The molecule has 0 atom stereocenters. The van der Waals surface area contributed by atoms with Gasteiger partial charge in [-0.05, 0) is 48.6 Å². The van der Waals surface area contributed by atoms with Crippen LogP contribution in [0.5, 0.6) is 0 Å². The second-order valence-corrected chi connectivity index (χ2v) is 8.66. The van der Waals surface area contributed by atoms with Crippen LogP contribution in [0.2, 0.25) is 0 Å². The highest BCUT2D eigenvalue weighted by Gasteiger charge is 2.29. The molecule has 150 valence electrons. The molecule has 0 unspecified atom stereocenters. The molecule has 1 aromatic carbocycles. The van der Waals surface area contributed by atoms with E-state index in [0.717, 1.165) is 5.56 Å². The summed E-state index contributed by atoms with van der Waals surface area (Å²) in [5.41, 5.74) is 0.811. The van der Waals surface area contributed by atoms with E-state index >= 15 is 0 Å². The van der Waals surface area contributed by atoms with E-state index in [1.54, 1.807) is 24.3 Å². The predicted octanol–water partition coefficient (Wildman–Crippen LogP) is 2.12. The fourth-order valence-corrected chi connectivity index (χ4v) is 4.52. The molecule has 0 saturated carbocycles. The number of rotatable bonds is 6. The van der Waals surface area contributed by atoms with E-state index in [-0.39, 0.29) is 22.7 Å². The molecule has 0 bridgehead atoms.